The Morgan fingerprint density at radius 3 is 1.62 bits per heavy atom. The predicted molar refractivity (Wildman–Crippen MR) is 202 cm³/mol. The third kappa shape index (κ3) is 4.92. The van der Waals surface area contributed by atoms with Gasteiger partial charge in [0.2, 0.25) is 0 Å². The first kappa shape index (κ1) is 27.9. The first-order chi connectivity index (χ1) is 23.8. The molecule has 9 rings (SSSR count). The summed E-state index contributed by atoms with van der Waals surface area (Å²) < 4.78 is 6.53. The average molecular weight is 614 g/mol. The summed E-state index contributed by atoms with van der Waals surface area (Å²) in [6, 6.07) is 67.0. The van der Waals surface area contributed by atoms with Gasteiger partial charge >= 0.3 is 0 Å². The third-order valence-corrected chi connectivity index (χ3v) is 9.21. The molecule has 0 saturated heterocycles. The lowest BCUT2D eigenvalue weighted by molar-refractivity contribution is 0.631. The van der Waals surface area contributed by atoms with Gasteiger partial charge in [0, 0.05) is 22.0 Å². The Hall–Kier alpha value is -6.38. The number of hydrogen-bond donors (Lipinski definition) is 0. The Morgan fingerprint density at radius 1 is 0.354 bits per heavy atom. The number of hydrogen-bond acceptors (Lipinski definition) is 2. The number of fused-ring (bicyclic) bond motifs is 4. The fraction of sp³-hybridized carbons (Fsp3) is 0. The van der Waals surface area contributed by atoms with Gasteiger partial charge in [-0.15, -0.1) is 0 Å². The molecule has 0 atom stereocenters. The highest BCUT2D eigenvalue weighted by Gasteiger charge is 2.23. The van der Waals surface area contributed by atoms with Gasteiger partial charge < -0.3 is 9.32 Å². The van der Waals surface area contributed by atoms with E-state index < -0.39 is 0 Å². The molecule has 0 aliphatic carbocycles. The lowest BCUT2D eigenvalue weighted by atomic mass is 9.95. The maximum atomic E-state index is 6.53. The van der Waals surface area contributed by atoms with Crippen molar-refractivity contribution >= 4 is 49.6 Å². The molecule has 1 aromatic heterocycles. The summed E-state index contributed by atoms with van der Waals surface area (Å²) in [5.74, 6) is 0.837. The van der Waals surface area contributed by atoms with Gasteiger partial charge in [-0.2, -0.15) is 0 Å². The van der Waals surface area contributed by atoms with Gasteiger partial charge in [0.1, 0.15) is 11.3 Å². The van der Waals surface area contributed by atoms with Crippen molar-refractivity contribution in [3.05, 3.63) is 188 Å². The number of nitrogens with zero attached hydrogens (tertiary/aromatic N) is 1. The lowest BCUT2D eigenvalue weighted by Gasteiger charge is -2.30. The van der Waals surface area contributed by atoms with E-state index in [-0.39, 0.29) is 0 Å². The average Bonchev–Trinajstić information content (AvgIpc) is 3.60. The van der Waals surface area contributed by atoms with Crippen LogP contribution in [0.15, 0.2) is 192 Å². The van der Waals surface area contributed by atoms with E-state index in [1.54, 1.807) is 0 Å². The van der Waals surface area contributed by atoms with E-state index in [0.29, 0.717) is 0 Å². The minimum absolute atomic E-state index is 0.837. The third-order valence-electron chi connectivity index (χ3n) is 9.21. The number of para-hydroxylation sites is 2. The second-order valence-corrected chi connectivity index (χ2v) is 12.2. The SMILES string of the molecule is c1ccc(-c2cc(-c3ccccc3)cc(N(c3ccccc3-c3cc4ccccc4o3)c3cc4ccccc4c4ccccc34)c2)cc1. The molecule has 8 aromatic carbocycles. The molecule has 0 spiro atoms. The standard InChI is InChI=1S/C46H31NO/c1-3-15-32(16-4-1)36-27-37(33-17-5-2-6-18-33)29-38(28-36)47(44-30-34-19-7-9-21-39(34)40-22-10-11-23-41(40)44)43-25-13-12-24-42(43)46-31-35-20-8-14-26-45(35)48-46/h1-31H. The van der Waals surface area contributed by atoms with E-state index in [2.05, 4.69) is 181 Å². The highest BCUT2D eigenvalue weighted by molar-refractivity contribution is 6.15. The number of rotatable bonds is 6. The van der Waals surface area contributed by atoms with Crippen LogP contribution in [0.2, 0.25) is 0 Å². The van der Waals surface area contributed by atoms with E-state index in [1.807, 2.05) is 12.1 Å². The van der Waals surface area contributed by atoms with Crippen molar-refractivity contribution < 1.29 is 4.42 Å². The first-order valence-electron chi connectivity index (χ1n) is 16.3. The molecule has 0 fully saturated rings. The maximum absolute atomic E-state index is 6.53. The second-order valence-electron chi connectivity index (χ2n) is 12.2. The number of furan rings is 1. The van der Waals surface area contributed by atoms with Crippen molar-refractivity contribution in [3.8, 4) is 33.6 Å². The van der Waals surface area contributed by atoms with Crippen LogP contribution in [-0.4, -0.2) is 0 Å². The second kappa shape index (κ2) is 11.8. The van der Waals surface area contributed by atoms with Gasteiger partial charge in [-0.05, 0) is 86.9 Å². The van der Waals surface area contributed by atoms with Crippen LogP contribution < -0.4 is 4.90 Å². The molecule has 2 nitrogen and oxygen atoms in total. The Bertz CT molecular complexity index is 2470. The number of anilines is 3. The molecule has 226 valence electrons. The largest absolute Gasteiger partial charge is 0.456 e. The quantitative estimate of drug-likeness (QED) is 0.174. The van der Waals surface area contributed by atoms with Crippen LogP contribution in [0, 0.1) is 0 Å². The molecule has 2 heteroatoms. The zero-order valence-electron chi connectivity index (χ0n) is 26.3. The van der Waals surface area contributed by atoms with Crippen LogP contribution >= 0.6 is 0 Å². The maximum Gasteiger partial charge on any atom is 0.137 e. The first-order valence-corrected chi connectivity index (χ1v) is 16.3. The molecule has 0 aliphatic heterocycles. The van der Waals surface area contributed by atoms with E-state index in [4.69, 9.17) is 4.42 Å². The summed E-state index contributed by atoms with van der Waals surface area (Å²) in [5, 5.41) is 5.93. The van der Waals surface area contributed by atoms with Crippen molar-refractivity contribution in [1.29, 1.82) is 0 Å². The highest BCUT2D eigenvalue weighted by atomic mass is 16.3. The van der Waals surface area contributed by atoms with Gasteiger partial charge in [-0.1, -0.05) is 140 Å². The van der Waals surface area contributed by atoms with Crippen molar-refractivity contribution in [2.45, 2.75) is 0 Å². The smallest absolute Gasteiger partial charge is 0.137 e. The Morgan fingerprint density at radius 2 is 0.917 bits per heavy atom. The predicted octanol–water partition coefficient (Wildman–Crippen LogP) is 13.2. The summed E-state index contributed by atoms with van der Waals surface area (Å²) in [4.78, 5) is 2.43. The van der Waals surface area contributed by atoms with Crippen LogP contribution in [0.25, 0.3) is 66.1 Å². The topological polar surface area (TPSA) is 16.4 Å². The van der Waals surface area contributed by atoms with Crippen LogP contribution in [0.4, 0.5) is 17.1 Å². The van der Waals surface area contributed by atoms with Crippen LogP contribution in [-0.2, 0) is 0 Å². The molecule has 0 saturated carbocycles. The molecule has 0 amide bonds. The van der Waals surface area contributed by atoms with Gasteiger partial charge in [0.15, 0.2) is 0 Å². The van der Waals surface area contributed by atoms with E-state index >= 15 is 0 Å². The van der Waals surface area contributed by atoms with Gasteiger partial charge in [0.25, 0.3) is 0 Å². The Kier molecular flexibility index (Phi) is 6.84. The van der Waals surface area contributed by atoms with Crippen LogP contribution in [0.3, 0.4) is 0 Å². The van der Waals surface area contributed by atoms with Crippen LogP contribution in [0.1, 0.15) is 0 Å². The molecule has 9 aromatic rings. The van der Waals surface area contributed by atoms with Gasteiger partial charge in [0.05, 0.1) is 11.4 Å². The van der Waals surface area contributed by atoms with Crippen molar-refractivity contribution in [1.82, 2.24) is 0 Å². The number of benzene rings is 8. The van der Waals surface area contributed by atoms with Crippen molar-refractivity contribution in [3.63, 3.8) is 0 Å². The molecular weight excluding hydrogens is 583 g/mol. The fourth-order valence-corrected chi connectivity index (χ4v) is 6.95. The zero-order chi connectivity index (χ0) is 31.9. The van der Waals surface area contributed by atoms with E-state index in [1.165, 1.54) is 32.7 Å². The van der Waals surface area contributed by atoms with E-state index in [9.17, 15) is 0 Å². The molecular formula is C46H31NO. The van der Waals surface area contributed by atoms with Crippen molar-refractivity contribution in [2.24, 2.45) is 0 Å². The summed E-state index contributed by atoms with van der Waals surface area (Å²) in [5.41, 5.74) is 9.78. The summed E-state index contributed by atoms with van der Waals surface area (Å²) in [6.07, 6.45) is 0. The fourth-order valence-electron chi connectivity index (χ4n) is 6.95. The monoisotopic (exact) mass is 613 g/mol. The zero-order valence-corrected chi connectivity index (χ0v) is 26.3. The molecule has 0 aliphatic rings. The summed E-state index contributed by atoms with van der Waals surface area (Å²) >= 11 is 0. The molecule has 0 N–H and O–H groups in total. The Balaban J connectivity index is 1.38. The molecule has 0 unspecified atom stereocenters. The minimum Gasteiger partial charge on any atom is -0.456 e. The molecule has 0 radical (unpaired) electrons. The van der Waals surface area contributed by atoms with Crippen molar-refractivity contribution in [2.75, 3.05) is 4.90 Å². The minimum atomic E-state index is 0.837. The lowest BCUT2D eigenvalue weighted by Crippen LogP contribution is -2.12. The van der Waals surface area contributed by atoms with E-state index in [0.717, 1.165) is 50.5 Å². The summed E-state index contributed by atoms with van der Waals surface area (Å²) in [6.45, 7) is 0. The van der Waals surface area contributed by atoms with Gasteiger partial charge in [-0.25, -0.2) is 0 Å². The van der Waals surface area contributed by atoms with Crippen LogP contribution in [0.5, 0.6) is 0 Å². The van der Waals surface area contributed by atoms with Gasteiger partial charge in [-0.3, -0.25) is 0 Å². The molecule has 48 heavy (non-hydrogen) atoms. The normalized spacial score (nSPS) is 11.3. The highest BCUT2D eigenvalue weighted by Crippen LogP contribution is 2.47. The molecule has 1 heterocycles. The molecule has 0 bridgehead atoms. The Labute approximate surface area is 279 Å². The summed E-state index contributed by atoms with van der Waals surface area (Å²) in [7, 11) is 0.